The van der Waals surface area contributed by atoms with E-state index in [0.717, 1.165) is 46.9 Å². The number of carbonyl (C=O) groups is 1. The lowest BCUT2D eigenvalue weighted by Gasteiger charge is -2.31. The fraction of sp³-hybridized carbons (Fsp3) is 0.222. The molecular weight excluding hydrogens is 444 g/mol. The third kappa shape index (κ3) is 3.96. The third-order valence-corrected chi connectivity index (χ3v) is 7.29. The number of hydrogen-bond donors (Lipinski definition) is 0. The molecule has 170 valence electrons. The molecule has 1 amide bonds. The van der Waals surface area contributed by atoms with Gasteiger partial charge in [-0.3, -0.25) is 4.79 Å². The van der Waals surface area contributed by atoms with Crippen LogP contribution in [0.5, 0.6) is 0 Å². The average Bonchev–Trinajstić information content (AvgIpc) is 3.57. The van der Waals surface area contributed by atoms with Crippen LogP contribution in [-0.4, -0.2) is 38.8 Å². The van der Waals surface area contributed by atoms with E-state index in [9.17, 15) is 4.79 Å². The number of rotatable bonds is 3. The molecule has 2 aliphatic rings. The van der Waals surface area contributed by atoms with Gasteiger partial charge in [-0.25, -0.2) is 4.68 Å². The van der Waals surface area contributed by atoms with E-state index >= 15 is 0 Å². The molecule has 2 aromatic heterocycles. The molecule has 4 aromatic rings. The first-order valence-corrected chi connectivity index (χ1v) is 12.4. The summed E-state index contributed by atoms with van der Waals surface area (Å²) in [7, 11) is 0. The number of furan rings is 1. The van der Waals surface area contributed by atoms with E-state index in [2.05, 4.69) is 16.8 Å². The SMILES string of the molecule is C[C@H]1CCCN(C2=NC(=O)/C(=C/c3cn(-c4ccccc4)nc3-c3cc4ccccc4o3)S2)C1. The highest BCUT2D eigenvalue weighted by molar-refractivity contribution is 8.18. The highest BCUT2D eigenvalue weighted by Crippen LogP contribution is 2.35. The Balaban J connectivity index is 1.39. The van der Waals surface area contributed by atoms with E-state index in [4.69, 9.17) is 9.52 Å². The summed E-state index contributed by atoms with van der Waals surface area (Å²) in [4.78, 5) is 20.0. The van der Waals surface area contributed by atoms with Crippen LogP contribution in [-0.2, 0) is 4.79 Å². The molecule has 1 saturated heterocycles. The summed E-state index contributed by atoms with van der Waals surface area (Å²) in [6, 6.07) is 19.8. The second kappa shape index (κ2) is 8.65. The minimum Gasteiger partial charge on any atom is -0.454 e. The molecular formula is C27H24N4O2S. The van der Waals surface area contributed by atoms with Gasteiger partial charge in [0, 0.05) is 30.2 Å². The Hall–Kier alpha value is -3.58. The van der Waals surface area contributed by atoms with Crippen LogP contribution in [0.1, 0.15) is 25.3 Å². The number of aliphatic imine (C=N–C) groups is 1. The second-order valence-electron chi connectivity index (χ2n) is 8.87. The summed E-state index contributed by atoms with van der Waals surface area (Å²) in [6.45, 7) is 4.15. The van der Waals surface area contributed by atoms with E-state index in [1.54, 1.807) is 0 Å². The minimum absolute atomic E-state index is 0.193. The summed E-state index contributed by atoms with van der Waals surface area (Å²) < 4.78 is 7.96. The number of likely N-dealkylation sites (tertiary alicyclic amines) is 1. The van der Waals surface area contributed by atoms with Crippen LogP contribution < -0.4 is 0 Å². The van der Waals surface area contributed by atoms with Crippen molar-refractivity contribution in [1.29, 1.82) is 0 Å². The molecule has 6 rings (SSSR count). The Bertz CT molecular complexity index is 1400. The van der Waals surface area contributed by atoms with Gasteiger partial charge in [0.2, 0.25) is 0 Å². The summed E-state index contributed by atoms with van der Waals surface area (Å²) in [5.41, 5.74) is 3.26. The molecule has 4 heterocycles. The molecule has 34 heavy (non-hydrogen) atoms. The molecule has 7 heteroatoms. The Kier molecular flexibility index (Phi) is 5.34. The van der Waals surface area contributed by atoms with Crippen molar-refractivity contribution in [3.8, 4) is 17.1 Å². The van der Waals surface area contributed by atoms with Gasteiger partial charge in [-0.2, -0.15) is 10.1 Å². The van der Waals surface area contributed by atoms with Crippen LogP contribution in [0.25, 0.3) is 34.2 Å². The first kappa shape index (κ1) is 21.0. The topological polar surface area (TPSA) is 63.6 Å². The van der Waals surface area contributed by atoms with Gasteiger partial charge in [-0.05, 0) is 60.9 Å². The lowest BCUT2D eigenvalue weighted by atomic mass is 10.0. The van der Waals surface area contributed by atoms with Crippen LogP contribution in [0.15, 0.2) is 81.2 Å². The molecule has 2 aliphatic heterocycles. The number of benzene rings is 2. The van der Waals surface area contributed by atoms with E-state index in [-0.39, 0.29) is 5.91 Å². The van der Waals surface area contributed by atoms with Crippen LogP contribution in [0.4, 0.5) is 0 Å². The highest BCUT2D eigenvalue weighted by atomic mass is 32.2. The van der Waals surface area contributed by atoms with Crippen molar-refractivity contribution in [3.05, 3.63) is 77.3 Å². The molecule has 1 fully saturated rings. The van der Waals surface area contributed by atoms with Crippen molar-refractivity contribution < 1.29 is 9.21 Å². The Morgan fingerprint density at radius 1 is 1.12 bits per heavy atom. The predicted molar refractivity (Wildman–Crippen MR) is 137 cm³/mol. The molecule has 0 radical (unpaired) electrons. The second-order valence-corrected chi connectivity index (χ2v) is 9.87. The number of fused-ring (bicyclic) bond motifs is 1. The van der Waals surface area contributed by atoms with Crippen molar-refractivity contribution >= 4 is 39.9 Å². The predicted octanol–water partition coefficient (Wildman–Crippen LogP) is 5.99. The van der Waals surface area contributed by atoms with Crippen molar-refractivity contribution in [2.75, 3.05) is 13.1 Å². The van der Waals surface area contributed by atoms with Gasteiger partial charge in [0.25, 0.3) is 5.91 Å². The molecule has 0 N–H and O–H groups in total. The molecule has 0 saturated carbocycles. The summed E-state index contributed by atoms with van der Waals surface area (Å²) >= 11 is 1.46. The van der Waals surface area contributed by atoms with Gasteiger partial charge < -0.3 is 9.32 Å². The first-order chi connectivity index (χ1) is 16.6. The molecule has 0 spiro atoms. The molecule has 2 aromatic carbocycles. The zero-order valence-electron chi connectivity index (χ0n) is 18.8. The number of amides is 1. The normalized spacial score (nSPS) is 19.9. The number of amidine groups is 1. The van der Waals surface area contributed by atoms with Gasteiger partial charge in [0.15, 0.2) is 10.9 Å². The lowest BCUT2D eigenvalue weighted by molar-refractivity contribution is -0.113. The fourth-order valence-corrected chi connectivity index (χ4v) is 5.47. The van der Waals surface area contributed by atoms with E-state index in [1.165, 1.54) is 18.2 Å². The summed E-state index contributed by atoms with van der Waals surface area (Å²) in [5, 5.41) is 6.67. The first-order valence-electron chi connectivity index (χ1n) is 11.6. The molecule has 1 atom stereocenters. The van der Waals surface area contributed by atoms with Gasteiger partial charge in [0.1, 0.15) is 11.3 Å². The van der Waals surface area contributed by atoms with Gasteiger partial charge in [-0.15, -0.1) is 0 Å². The monoisotopic (exact) mass is 468 g/mol. The number of nitrogens with zero attached hydrogens (tertiary/aromatic N) is 4. The Morgan fingerprint density at radius 2 is 1.94 bits per heavy atom. The number of hydrogen-bond acceptors (Lipinski definition) is 5. The van der Waals surface area contributed by atoms with Crippen molar-refractivity contribution in [1.82, 2.24) is 14.7 Å². The van der Waals surface area contributed by atoms with Crippen molar-refractivity contribution in [3.63, 3.8) is 0 Å². The number of carbonyl (C=O) groups excluding carboxylic acids is 1. The highest BCUT2D eigenvalue weighted by Gasteiger charge is 2.29. The van der Waals surface area contributed by atoms with Gasteiger partial charge >= 0.3 is 0 Å². The summed E-state index contributed by atoms with van der Waals surface area (Å²) in [5.74, 6) is 1.09. The van der Waals surface area contributed by atoms with Crippen LogP contribution in [0.2, 0.25) is 0 Å². The largest absolute Gasteiger partial charge is 0.454 e. The Morgan fingerprint density at radius 3 is 2.76 bits per heavy atom. The maximum absolute atomic E-state index is 12.8. The smallest absolute Gasteiger partial charge is 0.286 e. The zero-order chi connectivity index (χ0) is 23.1. The molecule has 6 nitrogen and oxygen atoms in total. The van der Waals surface area contributed by atoms with Crippen LogP contribution >= 0.6 is 11.8 Å². The third-order valence-electron chi connectivity index (χ3n) is 6.25. The van der Waals surface area contributed by atoms with Gasteiger partial charge in [-0.1, -0.05) is 43.3 Å². The van der Waals surface area contributed by atoms with Crippen LogP contribution in [0.3, 0.4) is 0 Å². The zero-order valence-corrected chi connectivity index (χ0v) is 19.7. The number of piperidine rings is 1. The molecule has 0 unspecified atom stereocenters. The van der Waals surface area contributed by atoms with E-state index in [1.807, 2.05) is 77.6 Å². The van der Waals surface area contributed by atoms with Crippen LogP contribution in [0, 0.1) is 5.92 Å². The Labute approximate surface area is 202 Å². The fourth-order valence-electron chi connectivity index (χ4n) is 4.53. The van der Waals surface area contributed by atoms with E-state index in [0.29, 0.717) is 22.3 Å². The van der Waals surface area contributed by atoms with Crippen molar-refractivity contribution in [2.45, 2.75) is 19.8 Å². The van der Waals surface area contributed by atoms with Crippen molar-refractivity contribution in [2.24, 2.45) is 10.9 Å². The number of para-hydroxylation sites is 2. The maximum atomic E-state index is 12.8. The molecule has 0 bridgehead atoms. The summed E-state index contributed by atoms with van der Waals surface area (Å²) in [6.07, 6.45) is 6.20. The van der Waals surface area contributed by atoms with E-state index < -0.39 is 0 Å². The maximum Gasteiger partial charge on any atom is 0.286 e. The number of thioether (sulfide) groups is 1. The average molecular weight is 469 g/mol. The van der Waals surface area contributed by atoms with Gasteiger partial charge in [0.05, 0.1) is 10.6 Å². The standard InChI is InChI=1S/C27H24N4O2S/c1-18-8-7-13-30(16-18)27-28-26(32)24(34-27)15-20-17-31(21-10-3-2-4-11-21)29-25(20)23-14-19-9-5-6-12-22(19)33-23/h2-6,9-12,14-15,17-18H,7-8,13,16H2,1H3/b24-15-/t18-/m0/s1. The minimum atomic E-state index is -0.193. The molecule has 0 aliphatic carbocycles. The number of aromatic nitrogens is 2. The quantitative estimate of drug-likeness (QED) is 0.346. The lowest BCUT2D eigenvalue weighted by Crippen LogP contribution is -2.37.